The van der Waals surface area contributed by atoms with Crippen LogP contribution in [0.15, 0.2) is 53.4 Å². The van der Waals surface area contributed by atoms with Gasteiger partial charge in [-0.25, -0.2) is 8.42 Å². The van der Waals surface area contributed by atoms with E-state index in [1.54, 1.807) is 36.7 Å². The van der Waals surface area contributed by atoms with Crippen molar-refractivity contribution in [2.24, 2.45) is 0 Å². The summed E-state index contributed by atoms with van der Waals surface area (Å²) in [6, 6.07) is 14.8. The van der Waals surface area contributed by atoms with Crippen molar-refractivity contribution in [1.29, 1.82) is 0 Å². The lowest BCUT2D eigenvalue weighted by Crippen LogP contribution is -2.48. The molecule has 8 heteroatoms. The smallest absolute Gasteiger partial charge is 0.247 e. The summed E-state index contributed by atoms with van der Waals surface area (Å²) in [6.07, 6.45) is 1.27. The molecule has 7 nitrogen and oxygen atoms in total. The number of hydrogen-bond donors (Lipinski definition) is 0. The average molecular weight is 447 g/mol. The molecule has 0 aliphatic carbocycles. The summed E-state index contributed by atoms with van der Waals surface area (Å²) in [5.41, 5.74) is 1.21. The van der Waals surface area contributed by atoms with E-state index in [9.17, 15) is 8.42 Å². The van der Waals surface area contributed by atoms with Gasteiger partial charge < -0.3 is 14.2 Å². The van der Waals surface area contributed by atoms with Crippen LogP contribution < -0.4 is 9.47 Å². The van der Waals surface area contributed by atoms with Gasteiger partial charge in [0.25, 0.3) is 0 Å². The Morgan fingerprint density at radius 3 is 2.52 bits per heavy atom. The largest absolute Gasteiger partial charge is 0.497 e. The molecule has 2 heterocycles. The Morgan fingerprint density at radius 2 is 1.77 bits per heavy atom. The number of methoxy groups -OCH3 is 2. The van der Waals surface area contributed by atoms with Gasteiger partial charge in [-0.1, -0.05) is 24.3 Å². The molecule has 2 atom stereocenters. The van der Waals surface area contributed by atoms with Crippen LogP contribution in [0.5, 0.6) is 11.5 Å². The molecule has 0 aromatic heterocycles. The molecule has 2 aliphatic rings. The molecule has 31 heavy (non-hydrogen) atoms. The molecule has 0 spiro atoms. The van der Waals surface area contributed by atoms with Gasteiger partial charge >= 0.3 is 0 Å². The number of rotatable bonds is 6. The van der Waals surface area contributed by atoms with Crippen LogP contribution in [0.25, 0.3) is 0 Å². The standard InChI is InChI=1S/C23H30N2O5S/c1-28-16-15-25-20-11-13-24(17-18-7-9-19(29-2)10-8-18)14-12-21(20)30-22-5-3-4-6-23(22)31(25,26)27/h3-10,20-21H,11-17H2,1-2H3/t20-,21-/m0/s1. The van der Waals surface area contributed by atoms with Crippen molar-refractivity contribution >= 4 is 10.0 Å². The highest BCUT2D eigenvalue weighted by Crippen LogP contribution is 2.36. The Bertz CT molecular complexity index is 980. The summed E-state index contributed by atoms with van der Waals surface area (Å²) in [5.74, 6) is 1.29. The predicted molar refractivity (Wildman–Crippen MR) is 118 cm³/mol. The van der Waals surface area contributed by atoms with Crippen molar-refractivity contribution in [3.63, 3.8) is 0 Å². The van der Waals surface area contributed by atoms with E-state index >= 15 is 0 Å². The van der Waals surface area contributed by atoms with E-state index in [0.29, 0.717) is 25.3 Å². The van der Waals surface area contributed by atoms with Crippen LogP contribution in [0, 0.1) is 0 Å². The summed E-state index contributed by atoms with van der Waals surface area (Å²) in [6.45, 7) is 3.11. The number of likely N-dealkylation sites (tertiary alicyclic amines) is 1. The van der Waals surface area contributed by atoms with E-state index in [2.05, 4.69) is 17.0 Å². The normalized spacial score (nSPS) is 23.7. The number of sulfonamides is 1. The minimum Gasteiger partial charge on any atom is -0.497 e. The molecule has 2 aliphatic heterocycles. The first-order chi connectivity index (χ1) is 15.0. The van der Waals surface area contributed by atoms with Crippen LogP contribution in [0.1, 0.15) is 18.4 Å². The van der Waals surface area contributed by atoms with Crippen molar-refractivity contribution in [3.05, 3.63) is 54.1 Å². The van der Waals surface area contributed by atoms with Gasteiger partial charge in [0.1, 0.15) is 22.5 Å². The molecule has 1 fully saturated rings. The monoisotopic (exact) mass is 446 g/mol. The molecule has 0 N–H and O–H groups in total. The van der Waals surface area contributed by atoms with Gasteiger partial charge in [0.05, 0.1) is 19.8 Å². The quantitative estimate of drug-likeness (QED) is 0.680. The molecule has 168 valence electrons. The van der Waals surface area contributed by atoms with Crippen LogP contribution in [0.2, 0.25) is 0 Å². The lowest BCUT2D eigenvalue weighted by atomic mass is 10.1. The van der Waals surface area contributed by atoms with Crippen LogP contribution in [-0.4, -0.2) is 70.2 Å². The molecule has 0 saturated carbocycles. The first-order valence-corrected chi connectivity index (χ1v) is 12.1. The summed E-state index contributed by atoms with van der Waals surface area (Å²) in [7, 11) is -0.411. The number of para-hydroxylation sites is 1. The predicted octanol–water partition coefficient (Wildman–Crippen LogP) is 2.76. The van der Waals surface area contributed by atoms with Crippen LogP contribution >= 0.6 is 0 Å². The fraction of sp³-hybridized carbons (Fsp3) is 0.478. The maximum absolute atomic E-state index is 13.5. The second kappa shape index (κ2) is 9.56. The van der Waals surface area contributed by atoms with Gasteiger partial charge in [-0.2, -0.15) is 4.31 Å². The second-order valence-corrected chi connectivity index (χ2v) is 9.84. The maximum Gasteiger partial charge on any atom is 0.247 e. The van der Waals surface area contributed by atoms with E-state index in [1.165, 1.54) is 5.56 Å². The van der Waals surface area contributed by atoms with Gasteiger partial charge in [-0.05, 0) is 42.7 Å². The summed E-state index contributed by atoms with van der Waals surface area (Å²) in [4.78, 5) is 2.61. The maximum atomic E-state index is 13.5. The number of hydrogen-bond acceptors (Lipinski definition) is 6. The van der Waals surface area contributed by atoms with Crippen molar-refractivity contribution in [1.82, 2.24) is 9.21 Å². The molecule has 0 radical (unpaired) electrons. The third-order valence-corrected chi connectivity index (χ3v) is 8.03. The molecule has 1 saturated heterocycles. The Morgan fingerprint density at radius 1 is 1.03 bits per heavy atom. The molecular formula is C23H30N2O5S. The van der Waals surface area contributed by atoms with E-state index in [0.717, 1.165) is 31.8 Å². The number of ether oxygens (including phenoxy) is 3. The molecule has 0 unspecified atom stereocenters. The molecule has 2 aromatic carbocycles. The summed E-state index contributed by atoms with van der Waals surface area (Å²) in [5, 5.41) is 0. The summed E-state index contributed by atoms with van der Waals surface area (Å²) >= 11 is 0. The Hall–Kier alpha value is -2.13. The zero-order valence-corrected chi connectivity index (χ0v) is 18.9. The SMILES string of the molecule is COCCN1[C@H]2CCN(Cc3ccc(OC)cc3)CC[C@@H]2Oc2ccccc2S1(=O)=O. The lowest BCUT2D eigenvalue weighted by Gasteiger charge is -2.31. The Balaban J connectivity index is 1.57. The topological polar surface area (TPSA) is 68.3 Å². The van der Waals surface area contributed by atoms with Gasteiger partial charge in [0.15, 0.2) is 0 Å². The highest BCUT2D eigenvalue weighted by molar-refractivity contribution is 7.89. The third kappa shape index (κ3) is 4.72. The van der Waals surface area contributed by atoms with Crippen molar-refractivity contribution in [2.75, 3.05) is 40.5 Å². The van der Waals surface area contributed by atoms with Crippen LogP contribution in [0.3, 0.4) is 0 Å². The van der Waals surface area contributed by atoms with Gasteiger partial charge in [0.2, 0.25) is 10.0 Å². The molecule has 0 amide bonds. The van der Waals surface area contributed by atoms with Gasteiger partial charge in [-0.3, -0.25) is 4.90 Å². The van der Waals surface area contributed by atoms with Crippen molar-refractivity contribution in [2.45, 2.75) is 36.4 Å². The second-order valence-electron chi connectivity index (χ2n) is 7.98. The van der Waals surface area contributed by atoms with Crippen LogP contribution in [-0.2, 0) is 21.3 Å². The third-order valence-electron chi connectivity index (χ3n) is 6.07. The number of fused-ring (bicyclic) bond motifs is 2. The average Bonchev–Trinajstić information content (AvgIpc) is 3.01. The fourth-order valence-electron chi connectivity index (χ4n) is 4.42. The van der Waals surface area contributed by atoms with Gasteiger partial charge in [0, 0.05) is 33.3 Å². The summed E-state index contributed by atoms with van der Waals surface area (Å²) < 4.78 is 45.4. The Labute approximate surface area is 184 Å². The highest BCUT2D eigenvalue weighted by atomic mass is 32.2. The van der Waals surface area contributed by atoms with E-state index in [4.69, 9.17) is 14.2 Å². The first-order valence-electron chi connectivity index (χ1n) is 10.6. The number of nitrogens with zero attached hydrogens (tertiary/aromatic N) is 2. The van der Waals surface area contributed by atoms with E-state index in [1.807, 2.05) is 18.2 Å². The molecule has 2 aromatic rings. The van der Waals surface area contributed by atoms with Crippen molar-refractivity contribution in [3.8, 4) is 11.5 Å². The van der Waals surface area contributed by atoms with E-state index in [-0.39, 0.29) is 17.0 Å². The zero-order valence-electron chi connectivity index (χ0n) is 18.1. The van der Waals surface area contributed by atoms with Gasteiger partial charge in [-0.15, -0.1) is 0 Å². The lowest BCUT2D eigenvalue weighted by molar-refractivity contribution is 0.0958. The molecule has 4 rings (SSSR count). The molecular weight excluding hydrogens is 416 g/mol. The molecule has 0 bridgehead atoms. The van der Waals surface area contributed by atoms with Crippen LogP contribution in [0.4, 0.5) is 0 Å². The fourth-order valence-corrected chi connectivity index (χ4v) is 6.21. The highest BCUT2D eigenvalue weighted by Gasteiger charge is 2.43. The minimum absolute atomic E-state index is 0.198. The number of benzene rings is 2. The Kier molecular flexibility index (Phi) is 6.81. The zero-order chi connectivity index (χ0) is 21.8. The van der Waals surface area contributed by atoms with Crippen molar-refractivity contribution < 1.29 is 22.6 Å². The first kappa shape index (κ1) is 22.1. The minimum atomic E-state index is -3.67. The van der Waals surface area contributed by atoms with E-state index < -0.39 is 10.0 Å².